The Balaban J connectivity index is 1.56. The molecule has 1 aromatic carbocycles. The highest BCUT2D eigenvalue weighted by molar-refractivity contribution is 6.32. The third-order valence-corrected chi connectivity index (χ3v) is 5.40. The lowest BCUT2D eigenvalue weighted by Gasteiger charge is -2.30. The number of aromatic nitrogens is 3. The van der Waals surface area contributed by atoms with Crippen molar-refractivity contribution in [3.05, 3.63) is 58.9 Å². The van der Waals surface area contributed by atoms with Gasteiger partial charge in [0, 0.05) is 49.7 Å². The van der Waals surface area contributed by atoms with E-state index in [1.54, 1.807) is 40.0 Å². The van der Waals surface area contributed by atoms with Crippen LogP contribution < -0.4 is 14.8 Å². The summed E-state index contributed by atoms with van der Waals surface area (Å²) in [5.74, 6) is 0.864. The Morgan fingerprint density at radius 1 is 1.15 bits per heavy atom. The standard InChI is InChI=1S/C24H26ClN5O4/c1-4-30-9-6-21(28-30)27-22(31)16-10-18(33-15(2)3)13-19(11-16)34-23-20(25)12-17(14-26-23)24(32)29-7-5-8-29/h6,9-15H,4-5,7-8H2,1-3H3,(H,27,28,31). The maximum Gasteiger partial charge on any atom is 0.257 e. The van der Waals surface area contributed by atoms with Crippen LogP contribution in [-0.4, -0.2) is 50.7 Å². The van der Waals surface area contributed by atoms with Gasteiger partial charge in [0.2, 0.25) is 5.88 Å². The quantitative estimate of drug-likeness (QED) is 0.501. The van der Waals surface area contributed by atoms with Crippen LogP contribution in [0, 0.1) is 0 Å². The van der Waals surface area contributed by atoms with Crippen molar-refractivity contribution < 1.29 is 19.1 Å². The zero-order valence-electron chi connectivity index (χ0n) is 19.2. The molecule has 0 bridgehead atoms. The van der Waals surface area contributed by atoms with Crippen molar-refractivity contribution >= 4 is 29.2 Å². The number of aryl methyl sites for hydroxylation is 1. The second kappa shape index (κ2) is 10.1. The zero-order chi connectivity index (χ0) is 24.2. The Hall–Kier alpha value is -3.59. The highest BCUT2D eigenvalue weighted by Gasteiger charge is 2.23. The molecule has 34 heavy (non-hydrogen) atoms. The average Bonchev–Trinajstić information content (AvgIpc) is 3.20. The van der Waals surface area contributed by atoms with Crippen LogP contribution in [0.5, 0.6) is 17.4 Å². The number of hydrogen-bond acceptors (Lipinski definition) is 6. The number of nitrogens with zero attached hydrogens (tertiary/aromatic N) is 4. The Labute approximate surface area is 202 Å². The van der Waals surface area contributed by atoms with Gasteiger partial charge in [-0.05, 0) is 45.4 Å². The van der Waals surface area contributed by atoms with Crippen LogP contribution in [0.15, 0.2) is 42.7 Å². The van der Waals surface area contributed by atoms with E-state index in [1.165, 1.54) is 12.3 Å². The van der Waals surface area contributed by atoms with Crippen molar-refractivity contribution in [2.75, 3.05) is 18.4 Å². The average molecular weight is 484 g/mol. The van der Waals surface area contributed by atoms with E-state index in [4.69, 9.17) is 21.1 Å². The minimum absolute atomic E-state index is 0.107. The molecule has 0 saturated carbocycles. The van der Waals surface area contributed by atoms with E-state index in [9.17, 15) is 9.59 Å². The first-order chi connectivity index (χ1) is 16.3. The summed E-state index contributed by atoms with van der Waals surface area (Å²) in [4.78, 5) is 31.2. The molecule has 0 unspecified atom stereocenters. The molecule has 4 rings (SSSR count). The summed E-state index contributed by atoms with van der Waals surface area (Å²) in [5.41, 5.74) is 0.723. The first-order valence-electron chi connectivity index (χ1n) is 11.1. The number of rotatable bonds is 8. The molecule has 3 aromatic rings. The smallest absolute Gasteiger partial charge is 0.257 e. The minimum atomic E-state index is -0.366. The number of pyridine rings is 1. The second-order valence-corrected chi connectivity index (χ2v) is 8.54. The Kier molecular flexibility index (Phi) is 7.02. The summed E-state index contributed by atoms with van der Waals surface area (Å²) >= 11 is 6.36. The van der Waals surface area contributed by atoms with Gasteiger partial charge in [-0.2, -0.15) is 5.10 Å². The number of benzene rings is 1. The third kappa shape index (κ3) is 5.48. The summed E-state index contributed by atoms with van der Waals surface area (Å²) in [6, 6.07) is 8.11. The molecule has 0 radical (unpaired) electrons. The van der Waals surface area contributed by atoms with Gasteiger partial charge in [0.25, 0.3) is 11.8 Å². The molecule has 9 nitrogen and oxygen atoms in total. The van der Waals surface area contributed by atoms with Crippen molar-refractivity contribution in [2.45, 2.75) is 39.8 Å². The fraction of sp³-hybridized carbons (Fsp3) is 0.333. The highest BCUT2D eigenvalue weighted by Crippen LogP contribution is 2.32. The summed E-state index contributed by atoms with van der Waals surface area (Å²) in [6.45, 7) is 7.90. The molecular formula is C24H26ClN5O4. The van der Waals surface area contributed by atoms with Gasteiger partial charge in [-0.1, -0.05) is 11.6 Å². The number of ether oxygens (including phenoxy) is 2. The summed E-state index contributed by atoms with van der Waals surface area (Å²) in [7, 11) is 0. The number of carbonyl (C=O) groups excluding carboxylic acids is 2. The molecule has 0 spiro atoms. The van der Waals surface area contributed by atoms with Crippen molar-refractivity contribution in [2.24, 2.45) is 0 Å². The van der Waals surface area contributed by atoms with Crippen molar-refractivity contribution in [3.63, 3.8) is 0 Å². The Bertz CT molecular complexity index is 1210. The lowest BCUT2D eigenvalue weighted by atomic mass is 10.1. The molecule has 2 aromatic heterocycles. The maximum absolute atomic E-state index is 12.9. The van der Waals surface area contributed by atoms with Gasteiger partial charge in [-0.25, -0.2) is 4.98 Å². The molecule has 178 valence electrons. The van der Waals surface area contributed by atoms with E-state index in [0.717, 1.165) is 19.5 Å². The molecule has 3 heterocycles. The topological polar surface area (TPSA) is 98.6 Å². The number of hydrogen-bond donors (Lipinski definition) is 1. The summed E-state index contributed by atoms with van der Waals surface area (Å²) < 4.78 is 13.4. The number of carbonyl (C=O) groups is 2. The highest BCUT2D eigenvalue weighted by atomic mass is 35.5. The fourth-order valence-electron chi connectivity index (χ4n) is 3.33. The van der Waals surface area contributed by atoms with Crippen molar-refractivity contribution in [1.29, 1.82) is 0 Å². The van der Waals surface area contributed by atoms with Gasteiger partial charge in [0.05, 0.1) is 11.7 Å². The van der Waals surface area contributed by atoms with Gasteiger partial charge in [-0.15, -0.1) is 0 Å². The number of amides is 2. The Morgan fingerprint density at radius 2 is 1.91 bits per heavy atom. The molecule has 1 saturated heterocycles. The normalized spacial score (nSPS) is 12.9. The molecule has 1 fully saturated rings. The second-order valence-electron chi connectivity index (χ2n) is 8.13. The van der Waals surface area contributed by atoms with E-state index >= 15 is 0 Å². The van der Waals surface area contributed by atoms with E-state index in [0.29, 0.717) is 35.0 Å². The molecule has 10 heteroatoms. The van der Waals surface area contributed by atoms with Gasteiger partial charge in [-0.3, -0.25) is 14.3 Å². The number of likely N-dealkylation sites (tertiary alicyclic amines) is 1. The molecule has 2 amide bonds. The monoisotopic (exact) mass is 483 g/mol. The van der Waals surface area contributed by atoms with Crippen LogP contribution in [0.4, 0.5) is 5.82 Å². The first kappa shape index (κ1) is 23.6. The van der Waals surface area contributed by atoms with Crippen LogP contribution in [0.2, 0.25) is 5.02 Å². The SMILES string of the molecule is CCn1ccc(NC(=O)c2cc(Oc3ncc(C(=O)N4CCC4)cc3Cl)cc(OC(C)C)c2)n1. The zero-order valence-corrected chi connectivity index (χ0v) is 20.0. The van der Waals surface area contributed by atoms with E-state index in [1.807, 2.05) is 20.8 Å². The van der Waals surface area contributed by atoms with Gasteiger partial charge >= 0.3 is 0 Å². The van der Waals surface area contributed by atoms with E-state index in [2.05, 4.69) is 15.4 Å². The van der Waals surface area contributed by atoms with E-state index < -0.39 is 0 Å². The first-order valence-corrected chi connectivity index (χ1v) is 11.5. The molecular weight excluding hydrogens is 458 g/mol. The number of anilines is 1. The summed E-state index contributed by atoms with van der Waals surface area (Å²) in [5, 5.41) is 7.24. The van der Waals surface area contributed by atoms with Crippen LogP contribution in [0.1, 0.15) is 47.9 Å². The molecule has 0 aliphatic carbocycles. The lowest BCUT2D eigenvalue weighted by Crippen LogP contribution is -2.42. The van der Waals surface area contributed by atoms with Gasteiger partial charge in [0.1, 0.15) is 16.5 Å². The van der Waals surface area contributed by atoms with Gasteiger partial charge < -0.3 is 19.7 Å². The lowest BCUT2D eigenvalue weighted by molar-refractivity contribution is 0.0651. The van der Waals surface area contributed by atoms with Crippen LogP contribution in [0.3, 0.4) is 0 Å². The largest absolute Gasteiger partial charge is 0.491 e. The van der Waals surface area contributed by atoms with Crippen LogP contribution in [0.25, 0.3) is 0 Å². The number of halogens is 1. The van der Waals surface area contributed by atoms with Gasteiger partial charge in [0.15, 0.2) is 5.82 Å². The van der Waals surface area contributed by atoms with Crippen LogP contribution >= 0.6 is 11.6 Å². The minimum Gasteiger partial charge on any atom is -0.491 e. The molecule has 0 atom stereocenters. The van der Waals surface area contributed by atoms with Crippen LogP contribution in [-0.2, 0) is 6.54 Å². The molecule has 1 aliphatic heterocycles. The predicted molar refractivity (Wildman–Crippen MR) is 128 cm³/mol. The predicted octanol–water partition coefficient (Wildman–Crippen LogP) is 4.63. The molecule has 1 N–H and O–H groups in total. The fourth-order valence-corrected chi connectivity index (χ4v) is 3.53. The third-order valence-electron chi connectivity index (χ3n) is 5.13. The molecule has 1 aliphatic rings. The Morgan fingerprint density at radius 3 is 2.53 bits per heavy atom. The van der Waals surface area contributed by atoms with Crippen molar-refractivity contribution in [1.82, 2.24) is 19.7 Å². The number of nitrogens with one attached hydrogen (secondary N) is 1. The maximum atomic E-state index is 12.9. The van der Waals surface area contributed by atoms with E-state index in [-0.39, 0.29) is 28.8 Å². The summed E-state index contributed by atoms with van der Waals surface area (Å²) in [6.07, 6.45) is 4.11. The van der Waals surface area contributed by atoms with Crippen molar-refractivity contribution in [3.8, 4) is 17.4 Å².